The monoisotopic (exact) mass is 315 g/mol. The Balaban J connectivity index is 3.13. The van der Waals surface area contributed by atoms with Gasteiger partial charge in [0, 0.05) is 12.6 Å². The van der Waals surface area contributed by atoms with Gasteiger partial charge in [-0.25, -0.2) is 13.1 Å². The Morgan fingerprint density at radius 2 is 1.81 bits per heavy atom. The maximum Gasteiger partial charge on any atom is 0.289 e. The average Bonchev–Trinajstić information content (AvgIpc) is 2.39. The number of hydrogen-bond donors (Lipinski definition) is 2. The zero-order valence-electron chi connectivity index (χ0n) is 12.6. The summed E-state index contributed by atoms with van der Waals surface area (Å²) >= 11 is 0. The van der Waals surface area contributed by atoms with E-state index in [1.54, 1.807) is 20.9 Å². The molecule has 0 aliphatic heterocycles. The topological polar surface area (TPSA) is 101 Å². The second-order valence-corrected chi connectivity index (χ2v) is 6.91. The van der Waals surface area contributed by atoms with Gasteiger partial charge in [-0.05, 0) is 50.6 Å². The molecule has 8 heteroatoms. The standard InChI is InChI=1S/C13H21N3O4S/c1-9(7-14-4)8-15-21(19,20)13-6-11(3)10(2)5-12(13)16(17)18/h5-6,9,14-15H,7-8H2,1-4H3. The van der Waals surface area contributed by atoms with Gasteiger partial charge >= 0.3 is 0 Å². The molecule has 0 aliphatic carbocycles. The number of nitrogens with zero attached hydrogens (tertiary/aromatic N) is 1. The molecule has 21 heavy (non-hydrogen) atoms. The number of aryl methyl sites for hydroxylation is 2. The fourth-order valence-electron chi connectivity index (χ4n) is 1.88. The maximum absolute atomic E-state index is 12.3. The van der Waals surface area contributed by atoms with Crippen LogP contribution >= 0.6 is 0 Å². The molecule has 1 atom stereocenters. The van der Waals surface area contributed by atoms with Crippen LogP contribution in [-0.4, -0.2) is 33.5 Å². The number of nitro groups is 1. The molecule has 2 N–H and O–H groups in total. The molecule has 1 aromatic carbocycles. The van der Waals surface area contributed by atoms with Crippen LogP contribution < -0.4 is 10.0 Å². The molecule has 0 spiro atoms. The molecule has 0 radical (unpaired) electrons. The van der Waals surface area contributed by atoms with Crippen LogP contribution in [-0.2, 0) is 10.0 Å². The number of hydrogen-bond acceptors (Lipinski definition) is 5. The highest BCUT2D eigenvalue weighted by atomic mass is 32.2. The van der Waals surface area contributed by atoms with E-state index < -0.39 is 20.6 Å². The molecule has 7 nitrogen and oxygen atoms in total. The first-order chi connectivity index (χ1) is 9.69. The minimum atomic E-state index is -3.91. The summed E-state index contributed by atoms with van der Waals surface area (Å²) in [6.45, 7) is 6.18. The van der Waals surface area contributed by atoms with Gasteiger partial charge in [-0.3, -0.25) is 10.1 Å². The lowest BCUT2D eigenvalue weighted by molar-refractivity contribution is -0.387. The van der Waals surface area contributed by atoms with Gasteiger partial charge < -0.3 is 5.32 Å². The third-order valence-corrected chi connectivity index (χ3v) is 4.69. The summed E-state index contributed by atoms with van der Waals surface area (Å²) in [5, 5.41) is 14.0. The molecular weight excluding hydrogens is 294 g/mol. The normalized spacial score (nSPS) is 13.1. The predicted octanol–water partition coefficient (Wildman–Crippen LogP) is 1.35. The van der Waals surface area contributed by atoms with Crippen molar-refractivity contribution >= 4 is 15.7 Å². The van der Waals surface area contributed by atoms with Gasteiger partial charge in [0.25, 0.3) is 5.69 Å². The van der Waals surface area contributed by atoms with E-state index >= 15 is 0 Å². The predicted molar refractivity (Wildman–Crippen MR) is 80.8 cm³/mol. The van der Waals surface area contributed by atoms with Crippen LogP contribution in [0.25, 0.3) is 0 Å². The van der Waals surface area contributed by atoms with Gasteiger partial charge in [-0.1, -0.05) is 6.92 Å². The van der Waals surface area contributed by atoms with Crippen molar-refractivity contribution in [3.05, 3.63) is 33.4 Å². The highest BCUT2D eigenvalue weighted by Crippen LogP contribution is 2.27. The van der Waals surface area contributed by atoms with Crippen LogP contribution in [0.15, 0.2) is 17.0 Å². The van der Waals surface area contributed by atoms with E-state index in [0.29, 0.717) is 17.7 Å². The third-order valence-electron chi connectivity index (χ3n) is 3.24. The van der Waals surface area contributed by atoms with Crippen molar-refractivity contribution < 1.29 is 13.3 Å². The van der Waals surface area contributed by atoms with E-state index in [2.05, 4.69) is 10.0 Å². The molecule has 0 aromatic heterocycles. The van der Waals surface area contributed by atoms with Gasteiger partial charge in [-0.15, -0.1) is 0 Å². The highest BCUT2D eigenvalue weighted by Gasteiger charge is 2.26. The zero-order chi connectivity index (χ0) is 16.2. The Kier molecular flexibility index (Phi) is 5.82. The minimum absolute atomic E-state index is 0.0791. The second kappa shape index (κ2) is 6.97. The molecule has 0 saturated carbocycles. The van der Waals surface area contributed by atoms with E-state index in [4.69, 9.17) is 0 Å². The van der Waals surface area contributed by atoms with Crippen LogP contribution in [0.5, 0.6) is 0 Å². The average molecular weight is 315 g/mol. The number of rotatable bonds is 7. The number of benzene rings is 1. The van der Waals surface area contributed by atoms with Crippen molar-refractivity contribution in [3.8, 4) is 0 Å². The van der Waals surface area contributed by atoms with Gasteiger partial charge in [0.1, 0.15) is 0 Å². The Labute approximate surface area is 124 Å². The lowest BCUT2D eigenvalue weighted by Crippen LogP contribution is -2.32. The Morgan fingerprint density at radius 3 is 2.33 bits per heavy atom. The second-order valence-electron chi connectivity index (χ2n) is 5.18. The summed E-state index contributed by atoms with van der Waals surface area (Å²) in [6.07, 6.45) is 0. The molecule has 1 unspecified atom stereocenters. The van der Waals surface area contributed by atoms with Crippen LogP contribution in [0.3, 0.4) is 0 Å². The van der Waals surface area contributed by atoms with Gasteiger partial charge in [0.05, 0.1) is 4.92 Å². The van der Waals surface area contributed by atoms with Crippen LogP contribution in [0.1, 0.15) is 18.1 Å². The zero-order valence-corrected chi connectivity index (χ0v) is 13.5. The van der Waals surface area contributed by atoms with Crippen molar-refractivity contribution in [2.24, 2.45) is 5.92 Å². The van der Waals surface area contributed by atoms with Crippen molar-refractivity contribution in [1.29, 1.82) is 0 Å². The van der Waals surface area contributed by atoms with E-state index in [9.17, 15) is 18.5 Å². The molecular formula is C13H21N3O4S. The maximum atomic E-state index is 12.3. The number of sulfonamides is 1. The van der Waals surface area contributed by atoms with E-state index in [0.717, 1.165) is 0 Å². The summed E-state index contributed by atoms with van der Waals surface area (Å²) in [5.74, 6) is 0.0791. The summed E-state index contributed by atoms with van der Waals surface area (Å²) in [4.78, 5) is 10.1. The largest absolute Gasteiger partial charge is 0.319 e. The third kappa shape index (κ3) is 4.48. The smallest absolute Gasteiger partial charge is 0.289 e. The molecule has 0 heterocycles. The minimum Gasteiger partial charge on any atom is -0.319 e. The number of nitrogens with one attached hydrogen (secondary N) is 2. The molecule has 118 valence electrons. The van der Waals surface area contributed by atoms with Gasteiger partial charge in [-0.2, -0.15) is 0 Å². The summed E-state index contributed by atoms with van der Waals surface area (Å²) in [7, 11) is -2.13. The molecule has 0 fully saturated rings. The first-order valence-corrected chi connectivity index (χ1v) is 8.07. The fraction of sp³-hybridized carbons (Fsp3) is 0.538. The fourth-order valence-corrected chi connectivity index (χ4v) is 3.28. The van der Waals surface area contributed by atoms with E-state index in [1.165, 1.54) is 12.1 Å². The molecule has 1 rings (SSSR count). The first kappa shape index (κ1) is 17.5. The first-order valence-electron chi connectivity index (χ1n) is 6.59. The molecule has 0 bridgehead atoms. The van der Waals surface area contributed by atoms with Crippen molar-refractivity contribution in [2.75, 3.05) is 20.1 Å². The molecule has 0 amide bonds. The number of nitro benzene ring substituents is 1. The lowest BCUT2D eigenvalue weighted by Gasteiger charge is -2.13. The van der Waals surface area contributed by atoms with Crippen molar-refractivity contribution in [1.82, 2.24) is 10.0 Å². The molecule has 0 saturated heterocycles. The van der Waals surface area contributed by atoms with E-state index in [1.807, 2.05) is 6.92 Å². The Morgan fingerprint density at radius 1 is 1.24 bits per heavy atom. The van der Waals surface area contributed by atoms with E-state index in [-0.39, 0.29) is 17.4 Å². The van der Waals surface area contributed by atoms with Crippen molar-refractivity contribution in [2.45, 2.75) is 25.7 Å². The Hall–Kier alpha value is -1.51. The summed E-state index contributed by atoms with van der Waals surface area (Å²) < 4.78 is 27.0. The van der Waals surface area contributed by atoms with Gasteiger partial charge in [0.15, 0.2) is 4.90 Å². The van der Waals surface area contributed by atoms with Crippen LogP contribution in [0.4, 0.5) is 5.69 Å². The quantitative estimate of drug-likeness (QED) is 0.584. The Bertz CT molecular complexity index is 629. The SMILES string of the molecule is CNCC(C)CNS(=O)(=O)c1cc(C)c(C)cc1[N+](=O)[O-]. The molecule has 1 aromatic rings. The van der Waals surface area contributed by atoms with Crippen LogP contribution in [0.2, 0.25) is 0 Å². The van der Waals surface area contributed by atoms with Crippen molar-refractivity contribution in [3.63, 3.8) is 0 Å². The van der Waals surface area contributed by atoms with Crippen LogP contribution in [0, 0.1) is 29.9 Å². The summed E-state index contributed by atoms with van der Waals surface area (Å²) in [6, 6.07) is 2.64. The van der Waals surface area contributed by atoms with Gasteiger partial charge in [0.2, 0.25) is 10.0 Å². The molecule has 0 aliphatic rings. The highest BCUT2D eigenvalue weighted by molar-refractivity contribution is 7.89. The lowest BCUT2D eigenvalue weighted by atomic mass is 10.1. The summed E-state index contributed by atoms with van der Waals surface area (Å²) in [5.41, 5.74) is 0.986.